The Balaban J connectivity index is 2.69. The van der Waals surface area contributed by atoms with Crippen LogP contribution in [0.4, 0.5) is 11.4 Å². The summed E-state index contributed by atoms with van der Waals surface area (Å²) in [4.78, 5) is 10.7. The van der Waals surface area contributed by atoms with Crippen molar-refractivity contribution in [3.8, 4) is 0 Å². The molecule has 2 N–H and O–H groups in total. The molecule has 3 nitrogen and oxygen atoms in total. The summed E-state index contributed by atoms with van der Waals surface area (Å²) in [5.74, 6) is -0.0736. The number of nitrogens with one attached hydrogen (secondary N) is 2. The molecule has 1 amide bonds. The van der Waals surface area contributed by atoms with Gasteiger partial charge in [-0.15, -0.1) is 0 Å². The van der Waals surface area contributed by atoms with Gasteiger partial charge >= 0.3 is 0 Å². The highest BCUT2D eigenvalue weighted by atomic mass is 32.1. The van der Waals surface area contributed by atoms with Gasteiger partial charge in [-0.05, 0) is 24.3 Å². The van der Waals surface area contributed by atoms with Crippen LogP contribution in [0, 0.1) is 0 Å². The fraction of sp³-hybridized carbons (Fsp3) is 0.111. The Hall–Kier alpha value is -1.42. The molecule has 0 unspecified atom stereocenters. The second-order valence-electron chi connectivity index (χ2n) is 2.52. The molecule has 4 heteroatoms. The number of hydrogen-bond acceptors (Lipinski definition) is 2. The lowest BCUT2D eigenvalue weighted by molar-refractivity contribution is -0.114. The van der Waals surface area contributed by atoms with Crippen molar-refractivity contribution >= 4 is 35.0 Å². The second-order valence-corrected chi connectivity index (χ2v) is 2.76. The van der Waals surface area contributed by atoms with Crippen LogP contribution in [0.3, 0.4) is 0 Å². The molecular formula is C9H10N2OS. The molecule has 1 aromatic rings. The molecule has 13 heavy (non-hydrogen) atoms. The summed E-state index contributed by atoms with van der Waals surface area (Å²) >= 11 is 4.63. The first-order valence-corrected chi connectivity index (χ1v) is 4.27. The predicted molar refractivity (Wildman–Crippen MR) is 58.0 cm³/mol. The number of hydrogen-bond donors (Lipinski definition) is 2. The highest BCUT2D eigenvalue weighted by Crippen LogP contribution is 2.12. The van der Waals surface area contributed by atoms with E-state index >= 15 is 0 Å². The molecule has 1 aromatic carbocycles. The molecule has 0 saturated heterocycles. The maximum atomic E-state index is 10.7. The van der Waals surface area contributed by atoms with E-state index in [0.717, 1.165) is 11.4 Å². The lowest BCUT2D eigenvalue weighted by Crippen LogP contribution is -2.05. The number of amides is 1. The minimum absolute atomic E-state index is 0.0736. The zero-order valence-electron chi connectivity index (χ0n) is 7.20. The Morgan fingerprint density at radius 2 is 1.85 bits per heavy atom. The third-order valence-corrected chi connectivity index (χ3v) is 1.55. The van der Waals surface area contributed by atoms with Crippen molar-refractivity contribution in [1.82, 2.24) is 0 Å². The van der Waals surface area contributed by atoms with Crippen LogP contribution < -0.4 is 10.6 Å². The number of anilines is 2. The lowest BCUT2D eigenvalue weighted by Gasteiger charge is -2.03. The van der Waals surface area contributed by atoms with E-state index in [2.05, 4.69) is 22.9 Å². The third kappa shape index (κ3) is 3.21. The van der Waals surface area contributed by atoms with Gasteiger partial charge in [-0.25, -0.2) is 0 Å². The smallest absolute Gasteiger partial charge is 0.221 e. The normalized spacial score (nSPS) is 9.00. The van der Waals surface area contributed by atoms with Crippen molar-refractivity contribution in [3.05, 3.63) is 24.3 Å². The van der Waals surface area contributed by atoms with E-state index in [0.29, 0.717) is 0 Å². The molecule has 1 rings (SSSR count). The topological polar surface area (TPSA) is 41.1 Å². The average Bonchev–Trinajstić information content (AvgIpc) is 2.08. The molecule has 0 heterocycles. The van der Waals surface area contributed by atoms with Crippen LogP contribution in [0.25, 0.3) is 0 Å². The summed E-state index contributed by atoms with van der Waals surface area (Å²) in [6.07, 6.45) is 0. The summed E-state index contributed by atoms with van der Waals surface area (Å²) in [5, 5.41) is 5.54. The van der Waals surface area contributed by atoms with Crippen LogP contribution >= 0.6 is 12.2 Å². The van der Waals surface area contributed by atoms with Gasteiger partial charge in [0.25, 0.3) is 0 Å². The van der Waals surface area contributed by atoms with Gasteiger partial charge < -0.3 is 10.6 Å². The maximum absolute atomic E-state index is 10.7. The van der Waals surface area contributed by atoms with Crippen molar-refractivity contribution in [3.63, 3.8) is 0 Å². The highest BCUT2D eigenvalue weighted by Gasteiger charge is 1.94. The largest absolute Gasteiger partial charge is 0.353 e. The second kappa shape index (κ2) is 4.57. The van der Waals surface area contributed by atoms with Gasteiger partial charge in [0.05, 0.1) is 5.49 Å². The predicted octanol–water partition coefficient (Wildman–Crippen LogP) is 2.01. The van der Waals surface area contributed by atoms with Crippen molar-refractivity contribution in [2.24, 2.45) is 0 Å². The van der Waals surface area contributed by atoms with E-state index in [9.17, 15) is 4.79 Å². The van der Waals surface area contributed by atoms with E-state index in [4.69, 9.17) is 0 Å². The maximum Gasteiger partial charge on any atom is 0.221 e. The van der Waals surface area contributed by atoms with Gasteiger partial charge in [-0.1, -0.05) is 12.2 Å². The molecule has 0 radical (unpaired) electrons. The van der Waals surface area contributed by atoms with Gasteiger partial charge in [0.15, 0.2) is 0 Å². The van der Waals surface area contributed by atoms with Gasteiger partial charge in [-0.2, -0.15) is 0 Å². The van der Waals surface area contributed by atoms with Gasteiger partial charge in [0.1, 0.15) is 0 Å². The van der Waals surface area contributed by atoms with E-state index in [1.807, 2.05) is 24.3 Å². The van der Waals surface area contributed by atoms with Crippen LogP contribution in [0.2, 0.25) is 0 Å². The van der Waals surface area contributed by atoms with Crippen LogP contribution in [0.15, 0.2) is 24.3 Å². The van der Waals surface area contributed by atoms with Crippen LogP contribution in [-0.2, 0) is 4.79 Å². The van der Waals surface area contributed by atoms with Gasteiger partial charge in [-0.3, -0.25) is 4.79 Å². The molecule has 68 valence electrons. The molecule has 0 aliphatic rings. The molecule has 0 aromatic heterocycles. The monoisotopic (exact) mass is 194 g/mol. The molecular weight excluding hydrogens is 184 g/mol. The molecule has 0 fully saturated rings. The van der Waals surface area contributed by atoms with Gasteiger partial charge in [0, 0.05) is 18.3 Å². The highest BCUT2D eigenvalue weighted by molar-refractivity contribution is 7.79. The number of carbonyl (C=O) groups is 1. The zero-order chi connectivity index (χ0) is 9.68. The fourth-order valence-electron chi connectivity index (χ4n) is 0.921. The van der Waals surface area contributed by atoms with Crippen molar-refractivity contribution < 1.29 is 4.79 Å². The lowest BCUT2D eigenvalue weighted by atomic mass is 10.3. The van der Waals surface area contributed by atoms with Crippen LogP contribution in [-0.4, -0.2) is 11.4 Å². The molecule has 0 atom stereocenters. The van der Waals surface area contributed by atoms with Crippen LogP contribution in [0.1, 0.15) is 6.92 Å². The van der Waals surface area contributed by atoms with Crippen molar-refractivity contribution in [1.29, 1.82) is 0 Å². The summed E-state index contributed by atoms with van der Waals surface area (Å²) in [7, 11) is 0. The quantitative estimate of drug-likeness (QED) is 0.723. The first-order valence-electron chi connectivity index (χ1n) is 3.80. The van der Waals surface area contributed by atoms with E-state index < -0.39 is 0 Å². The molecule has 0 aliphatic heterocycles. The van der Waals surface area contributed by atoms with Crippen molar-refractivity contribution in [2.75, 3.05) is 10.6 Å². The minimum atomic E-state index is -0.0736. The standard InChI is InChI=1S/C9H10N2OS/c1-7(12)11-9-4-2-8(3-5-9)10-6-13/h2-6H,1H3,(H,10,13)(H,11,12). The number of carbonyl (C=O) groups excluding carboxylic acids is 1. The molecule has 0 bridgehead atoms. The van der Waals surface area contributed by atoms with Crippen molar-refractivity contribution in [2.45, 2.75) is 6.92 Å². The molecule has 0 spiro atoms. The number of benzene rings is 1. The average molecular weight is 194 g/mol. The Morgan fingerprint density at radius 3 is 2.31 bits per heavy atom. The van der Waals surface area contributed by atoms with E-state index in [-0.39, 0.29) is 5.91 Å². The minimum Gasteiger partial charge on any atom is -0.353 e. The van der Waals surface area contributed by atoms with E-state index in [1.165, 1.54) is 12.4 Å². The first kappa shape index (κ1) is 9.67. The number of rotatable bonds is 3. The molecule has 0 saturated carbocycles. The van der Waals surface area contributed by atoms with E-state index in [1.54, 1.807) is 0 Å². The SMILES string of the molecule is CC(=O)Nc1ccc(NC=S)cc1. The molecule has 0 aliphatic carbocycles. The number of thiocarbonyl (C=S) groups is 1. The third-order valence-electron chi connectivity index (χ3n) is 1.43. The Labute approximate surface area is 82.1 Å². The Kier molecular flexibility index (Phi) is 3.40. The Morgan fingerprint density at radius 1 is 1.31 bits per heavy atom. The van der Waals surface area contributed by atoms with Gasteiger partial charge in [0.2, 0.25) is 5.91 Å². The summed E-state index contributed by atoms with van der Waals surface area (Å²) in [6.45, 7) is 1.48. The first-order chi connectivity index (χ1) is 6.22. The Bertz CT molecular complexity index is 308. The summed E-state index contributed by atoms with van der Waals surface area (Å²) < 4.78 is 0. The summed E-state index contributed by atoms with van der Waals surface area (Å²) in [6, 6.07) is 7.30. The van der Waals surface area contributed by atoms with Crippen LogP contribution in [0.5, 0.6) is 0 Å². The zero-order valence-corrected chi connectivity index (χ0v) is 8.02. The summed E-state index contributed by atoms with van der Waals surface area (Å²) in [5.41, 5.74) is 3.12. The fourth-order valence-corrected chi connectivity index (χ4v) is 1.06.